The summed E-state index contributed by atoms with van der Waals surface area (Å²) in [5, 5.41) is 1.97. The first-order chi connectivity index (χ1) is 15.0. The van der Waals surface area contributed by atoms with Crippen LogP contribution in [0.15, 0.2) is 51.2 Å². The molecule has 162 valence electrons. The Balaban J connectivity index is 1.34. The number of amides is 3. The van der Waals surface area contributed by atoms with Gasteiger partial charge in [0, 0.05) is 22.3 Å². The Hall–Kier alpha value is -2.01. The number of unbranched alkanes of at least 4 members (excludes halogenated alkanes) is 2. The standard InChI is InChI=1S/C21H20BrN3O3S3/c22-16-9-4-3-8-15(16)19(27)24-23-18(26)10-2-1-5-11-25-20(28)17(31-21(25)29)13-14-7-6-12-30-14/h3-4,6-9,12-13H,1-2,5,10-11H2,(H,23,26)(H,24,27). The molecule has 1 aliphatic heterocycles. The van der Waals surface area contributed by atoms with Crippen LogP contribution in [0, 0.1) is 0 Å². The fourth-order valence-corrected chi connectivity index (χ4v) is 5.33. The molecule has 1 aromatic heterocycles. The molecule has 2 aromatic rings. The lowest BCUT2D eigenvalue weighted by Gasteiger charge is -2.14. The average molecular weight is 539 g/mol. The Labute approximate surface area is 202 Å². The summed E-state index contributed by atoms with van der Waals surface area (Å²) in [4.78, 5) is 39.9. The van der Waals surface area contributed by atoms with Crippen LogP contribution >= 0.6 is 51.2 Å². The van der Waals surface area contributed by atoms with Gasteiger partial charge in [0.1, 0.15) is 4.32 Å². The van der Waals surface area contributed by atoms with Gasteiger partial charge in [0.2, 0.25) is 5.91 Å². The van der Waals surface area contributed by atoms with Crippen LogP contribution in [-0.2, 0) is 9.59 Å². The summed E-state index contributed by atoms with van der Waals surface area (Å²) in [5.74, 6) is -0.702. The second-order valence-electron chi connectivity index (χ2n) is 6.64. The smallest absolute Gasteiger partial charge is 0.270 e. The summed E-state index contributed by atoms with van der Waals surface area (Å²) in [6.45, 7) is 0.535. The molecule has 0 saturated carbocycles. The quantitative estimate of drug-likeness (QED) is 0.220. The zero-order valence-electron chi connectivity index (χ0n) is 16.4. The third kappa shape index (κ3) is 6.73. The molecular formula is C21H20BrN3O3S3. The van der Waals surface area contributed by atoms with Crippen LogP contribution in [0.1, 0.15) is 40.9 Å². The first kappa shape index (κ1) is 23.6. The molecule has 31 heavy (non-hydrogen) atoms. The van der Waals surface area contributed by atoms with Crippen molar-refractivity contribution in [2.45, 2.75) is 25.7 Å². The number of nitrogens with zero attached hydrogens (tertiary/aromatic N) is 1. The van der Waals surface area contributed by atoms with E-state index in [4.69, 9.17) is 12.2 Å². The van der Waals surface area contributed by atoms with Crippen molar-refractivity contribution >= 4 is 79.4 Å². The maximum Gasteiger partial charge on any atom is 0.270 e. The van der Waals surface area contributed by atoms with Crippen molar-refractivity contribution < 1.29 is 14.4 Å². The second-order valence-corrected chi connectivity index (χ2v) is 10.2. The molecule has 1 aliphatic rings. The lowest BCUT2D eigenvalue weighted by Crippen LogP contribution is -2.41. The fourth-order valence-electron chi connectivity index (χ4n) is 2.83. The number of rotatable bonds is 8. The van der Waals surface area contributed by atoms with Crippen LogP contribution in [0.4, 0.5) is 0 Å². The van der Waals surface area contributed by atoms with Crippen molar-refractivity contribution in [1.82, 2.24) is 15.8 Å². The fraction of sp³-hybridized carbons (Fsp3) is 0.238. The Morgan fingerprint density at radius 3 is 2.65 bits per heavy atom. The number of hydrogen-bond donors (Lipinski definition) is 2. The van der Waals surface area contributed by atoms with E-state index in [-0.39, 0.29) is 24.1 Å². The zero-order valence-corrected chi connectivity index (χ0v) is 20.5. The maximum atomic E-state index is 12.6. The average Bonchev–Trinajstić information content (AvgIpc) is 3.35. The first-order valence-corrected chi connectivity index (χ1v) is 12.5. The van der Waals surface area contributed by atoms with E-state index in [9.17, 15) is 14.4 Å². The molecule has 1 saturated heterocycles. The van der Waals surface area contributed by atoms with Gasteiger partial charge >= 0.3 is 0 Å². The van der Waals surface area contributed by atoms with E-state index >= 15 is 0 Å². The topological polar surface area (TPSA) is 78.5 Å². The predicted molar refractivity (Wildman–Crippen MR) is 132 cm³/mol. The highest BCUT2D eigenvalue weighted by molar-refractivity contribution is 9.10. The second kappa shape index (κ2) is 11.6. The van der Waals surface area contributed by atoms with Gasteiger partial charge in [-0.25, -0.2) is 0 Å². The Kier molecular flexibility index (Phi) is 8.82. The highest BCUT2D eigenvalue weighted by atomic mass is 79.9. The highest BCUT2D eigenvalue weighted by Crippen LogP contribution is 2.33. The number of carbonyl (C=O) groups is 3. The van der Waals surface area contributed by atoms with Crippen molar-refractivity contribution in [3.63, 3.8) is 0 Å². The minimum atomic E-state index is -0.384. The third-order valence-corrected chi connectivity index (χ3v) is 7.30. The van der Waals surface area contributed by atoms with E-state index in [0.29, 0.717) is 32.2 Å². The number of thioether (sulfide) groups is 1. The molecular weight excluding hydrogens is 518 g/mol. The van der Waals surface area contributed by atoms with Crippen LogP contribution in [0.3, 0.4) is 0 Å². The minimum Gasteiger partial charge on any atom is -0.293 e. The van der Waals surface area contributed by atoms with Crippen molar-refractivity contribution in [3.05, 3.63) is 61.6 Å². The molecule has 0 bridgehead atoms. The molecule has 6 nitrogen and oxygen atoms in total. The van der Waals surface area contributed by atoms with E-state index in [1.54, 1.807) is 40.5 Å². The van der Waals surface area contributed by atoms with Crippen LogP contribution in [0.25, 0.3) is 6.08 Å². The lowest BCUT2D eigenvalue weighted by atomic mass is 10.2. The number of benzene rings is 1. The minimum absolute atomic E-state index is 0.0593. The number of hydrogen-bond acceptors (Lipinski definition) is 6. The van der Waals surface area contributed by atoms with Gasteiger partial charge in [-0.3, -0.25) is 30.1 Å². The Bertz CT molecular complexity index is 1010. The summed E-state index contributed by atoms with van der Waals surface area (Å²) in [5.41, 5.74) is 5.28. The number of carbonyl (C=O) groups excluding carboxylic acids is 3. The van der Waals surface area contributed by atoms with Crippen LogP contribution in [0.5, 0.6) is 0 Å². The van der Waals surface area contributed by atoms with Gasteiger partial charge in [-0.1, -0.05) is 48.6 Å². The summed E-state index contributed by atoms with van der Waals surface area (Å²) in [6.07, 6.45) is 4.32. The molecule has 10 heteroatoms. The molecule has 0 radical (unpaired) electrons. The molecule has 2 N–H and O–H groups in total. The van der Waals surface area contributed by atoms with E-state index in [2.05, 4.69) is 26.8 Å². The predicted octanol–water partition coefficient (Wildman–Crippen LogP) is 4.73. The van der Waals surface area contributed by atoms with E-state index < -0.39 is 0 Å². The largest absolute Gasteiger partial charge is 0.293 e. The molecule has 1 fully saturated rings. The molecule has 3 rings (SSSR count). The molecule has 0 aliphatic carbocycles. The molecule has 0 unspecified atom stereocenters. The summed E-state index contributed by atoms with van der Waals surface area (Å²) in [6, 6.07) is 10.9. The van der Waals surface area contributed by atoms with Crippen LogP contribution in [-0.4, -0.2) is 33.5 Å². The van der Waals surface area contributed by atoms with Gasteiger partial charge in [0.05, 0.1) is 10.5 Å². The summed E-state index contributed by atoms with van der Waals surface area (Å²) >= 11 is 11.5. The van der Waals surface area contributed by atoms with Crippen molar-refractivity contribution in [3.8, 4) is 0 Å². The summed E-state index contributed by atoms with van der Waals surface area (Å²) < 4.78 is 1.23. The van der Waals surface area contributed by atoms with E-state index in [1.807, 2.05) is 23.6 Å². The SMILES string of the molecule is O=C(CCCCCN1C(=O)C(=Cc2cccs2)SC1=S)NNC(=O)c1ccccc1Br. The molecule has 0 atom stereocenters. The lowest BCUT2D eigenvalue weighted by molar-refractivity contribution is -0.123. The van der Waals surface area contributed by atoms with E-state index in [1.165, 1.54) is 11.8 Å². The number of halogens is 1. The van der Waals surface area contributed by atoms with Gasteiger partial charge in [-0.2, -0.15) is 0 Å². The number of nitrogens with one attached hydrogen (secondary N) is 2. The Morgan fingerprint density at radius 1 is 1.10 bits per heavy atom. The van der Waals surface area contributed by atoms with Gasteiger partial charge in [-0.05, 0) is 58.4 Å². The van der Waals surface area contributed by atoms with Crippen LogP contribution in [0.2, 0.25) is 0 Å². The molecule has 0 spiro atoms. The Morgan fingerprint density at radius 2 is 1.90 bits per heavy atom. The van der Waals surface area contributed by atoms with Gasteiger partial charge in [-0.15, -0.1) is 11.3 Å². The van der Waals surface area contributed by atoms with Crippen LogP contribution < -0.4 is 10.9 Å². The number of thiocarbonyl (C=S) groups is 1. The molecule has 2 heterocycles. The number of thiophene rings is 1. The normalized spacial score (nSPS) is 14.9. The maximum absolute atomic E-state index is 12.6. The van der Waals surface area contributed by atoms with Crippen molar-refractivity contribution in [2.24, 2.45) is 0 Å². The van der Waals surface area contributed by atoms with Crippen molar-refractivity contribution in [1.29, 1.82) is 0 Å². The van der Waals surface area contributed by atoms with Gasteiger partial charge < -0.3 is 0 Å². The molecule has 3 amide bonds. The van der Waals surface area contributed by atoms with Gasteiger partial charge in [0.15, 0.2) is 0 Å². The van der Waals surface area contributed by atoms with Gasteiger partial charge in [0.25, 0.3) is 11.8 Å². The first-order valence-electron chi connectivity index (χ1n) is 9.58. The summed E-state index contributed by atoms with van der Waals surface area (Å²) in [7, 11) is 0. The third-order valence-electron chi connectivity index (χ3n) is 4.41. The number of hydrazine groups is 1. The van der Waals surface area contributed by atoms with Crippen molar-refractivity contribution in [2.75, 3.05) is 6.54 Å². The highest BCUT2D eigenvalue weighted by Gasteiger charge is 2.31. The molecule has 1 aromatic carbocycles. The zero-order chi connectivity index (χ0) is 22.2. The monoisotopic (exact) mass is 537 g/mol. The van der Waals surface area contributed by atoms with E-state index in [0.717, 1.165) is 17.7 Å².